The molecule has 0 saturated carbocycles. The van der Waals surface area contributed by atoms with Crippen LogP contribution in [0.4, 0.5) is 10.5 Å². The van der Waals surface area contributed by atoms with E-state index in [0.717, 1.165) is 6.42 Å². The number of carbonyl (C=O) groups excluding carboxylic acids is 1. The van der Waals surface area contributed by atoms with Crippen LogP contribution in [-0.4, -0.2) is 18.1 Å². The largest absolute Gasteiger partial charge is 0.331 e. The molecule has 4 N–H and O–H groups in total. The third-order valence-corrected chi connectivity index (χ3v) is 3.18. The zero-order valence-corrected chi connectivity index (χ0v) is 12.4. The summed E-state index contributed by atoms with van der Waals surface area (Å²) in [6, 6.07) is 6.82. The summed E-state index contributed by atoms with van der Waals surface area (Å²) < 4.78 is 0. The van der Waals surface area contributed by atoms with E-state index in [1.807, 2.05) is 19.1 Å². The number of anilines is 1. The summed E-state index contributed by atoms with van der Waals surface area (Å²) in [7, 11) is 0. The maximum absolute atomic E-state index is 12.0. The Bertz CT molecular complexity index is 436. The van der Waals surface area contributed by atoms with E-state index >= 15 is 0 Å². The number of nitrogens with one attached hydrogen (secondary N) is 2. The fraction of sp³-hybridized carbons (Fsp3) is 0.500. The van der Waals surface area contributed by atoms with E-state index in [4.69, 9.17) is 17.3 Å². The van der Waals surface area contributed by atoms with Crippen molar-refractivity contribution in [3.8, 4) is 0 Å². The van der Waals surface area contributed by atoms with Gasteiger partial charge in [-0.05, 0) is 31.4 Å². The number of hydrogen-bond acceptors (Lipinski definition) is 2. The Kier molecular flexibility index (Phi) is 5.63. The van der Waals surface area contributed by atoms with Gasteiger partial charge in [-0.2, -0.15) is 0 Å². The normalized spacial score (nSPS) is 14.0. The smallest absolute Gasteiger partial charge is 0.319 e. The molecule has 1 atom stereocenters. The van der Waals surface area contributed by atoms with Gasteiger partial charge in [-0.25, -0.2) is 4.79 Å². The number of nitrogens with two attached hydrogens (primary N) is 1. The molecule has 4 nitrogen and oxygen atoms in total. The number of halogens is 1. The number of urea groups is 1. The highest BCUT2D eigenvalue weighted by Crippen LogP contribution is 2.21. The van der Waals surface area contributed by atoms with Gasteiger partial charge in [-0.1, -0.05) is 37.6 Å². The standard InChI is InChI=1S/C14H22ClN3O/c1-10(2)8-14(3,9-16)18-13(19)17-12-7-5-4-6-11(12)15/h4-7,10H,8-9,16H2,1-3H3,(H2,17,18,19). The van der Waals surface area contributed by atoms with Crippen LogP contribution < -0.4 is 16.4 Å². The van der Waals surface area contributed by atoms with Crippen molar-refractivity contribution < 1.29 is 4.79 Å². The summed E-state index contributed by atoms with van der Waals surface area (Å²) >= 11 is 5.99. The van der Waals surface area contributed by atoms with Crippen molar-refractivity contribution in [3.05, 3.63) is 29.3 Å². The van der Waals surface area contributed by atoms with Crippen molar-refractivity contribution in [2.24, 2.45) is 11.7 Å². The third-order valence-electron chi connectivity index (χ3n) is 2.85. The Morgan fingerprint density at radius 2 is 2.05 bits per heavy atom. The molecule has 0 bridgehead atoms. The summed E-state index contributed by atoms with van der Waals surface area (Å²) in [4.78, 5) is 12.0. The minimum atomic E-state index is -0.417. The molecule has 0 spiro atoms. The summed E-state index contributed by atoms with van der Waals surface area (Å²) in [6.07, 6.45) is 0.819. The Labute approximate surface area is 119 Å². The van der Waals surface area contributed by atoms with Crippen molar-refractivity contribution in [3.63, 3.8) is 0 Å². The molecular weight excluding hydrogens is 262 g/mol. The number of amides is 2. The highest BCUT2D eigenvalue weighted by atomic mass is 35.5. The fourth-order valence-corrected chi connectivity index (χ4v) is 2.26. The number of hydrogen-bond donors (Lipinski definition) is 3. The lowest BCUT2D eigenvalue weighted by molar-refractivity contribution is 0.233. The van der Waals surface area contributed by atoms with Crippen LogP contribution in [0.25, 0.3) is 0 Å². The lowest BCUT2D eigenvalue weighted by atomic mass is 9.91. The van der Waals surface area contributed by atoms with Crippen LogP contribution in [0.1, 0.15) is 27.2 Å². The predicted octanol–water partition coefficient (Wildman–Crippen LogP) is 3.23. The molecule has 0 heterocycles. The van der Waals surface area contributed by atoms with Crippen LogP contribution in [0.3, 0.4) is 0 Å². The van der Waals surface area contributed by atoms with E-state index < -0.39 is 5.54 Å². The zero-order chi connectivity index (χ0) is 14.5. The second-order valence-corrected chi connectivity index (χ2v) is 5.83. The molecule has 1 rings (SSSR count). The van der Waals surface area contributed by atoms with Gasteiger partial charge in [0.1, 0.15) is 0 Å². The van der Waals surface area contributed by atoms with Crippen LogP contribution in [0.15, 0.2) is 24.3 Å². The second-order valence-electron chi connectivity index (χ2n) is 5.42. The highest BCUT2D eigenvalue weighted by molar-refractivity contribution is 6.33. The van der Waals surface area contributed by atoms with E-state index in [1.165, 1.54) is 0 Å². The van der Waals surface area contributed by atoms with E-state index in [-0.39, 0.29) is 6.03 Å². The molecule has 0 fully saturated rings. The molecule has 2 amide bonds. The Morgan fingerprint density at radius 3 is 2.58 bits per heavy atom. The minimum Gasteiger partial charge on any atom is -0.331 e. The molecule has 0 aliphatic carbocycles. The lowest BCUT2D eigenvalue weighted by Crippen LogP contribution is -2.53. The van der Waals surface area contributed by atoms with Crippen molar-refractivity contribution >= 4 is 23.3 Å². The predicted molar refractivity (Wildman–Crippen MR) is 80.5 cm³/mol. The topological polar surface area (TPSA) is 67.1 Å². The average molecular weight is 284 g/mol. The molecule has 0 aliphatic rings. The monoisotopic (exact) mass is 283 g/mol. The van der Waals surface area contributed by atoms with Crippen LogP contribution in [-0.2, 0) is 0 Å². The van der Waals surface area contributed by atoms with Gasteiger partial charge in [0.05, 0.1) is 16.2 Å². The van der Waals surface area contributed by atoms with Gasteiger partial charge in [0.25, 0.3) is 0 Å². The van der Waals surface area contributed by atoms with E-state index in [2.05, 4.69) is 24.5 Å². The Hall–Kier alpha value is -1.26. The van der Waals surface area contributed by atoms with Gasteiger partial charge >= 0.3 is 6.03 Å². The van der Waals surface area contributed by atoms with Crippen molar-refractivity contribution in [1.29, 1.82) is 0 Å². The van der Waals surface area contributed by atoms with Crippen LogP contribution in [0, 0.1) is 5.92 Å². The first-order valence-corrected chi connectivity index (χ1v) is 6.78. The molecule has 1 unspecified atom stereocenters. The summed E-state index contributed by atoms with van der Waals surface area (Å²) in [5.41, 5.74) is 5.93. The van der Waals surface area contributed by atoms with Gasteiger partial charge in [-0.15, -0.1) is 0 Å². The number of para-hydroxylation sites is 1. The van der Waals surface area contributed by atoms with Gasteiger partial charge in [0.15, 0.2) is 0 Å². The molecule has 5 heteroatoms. The van der Waals surface area contributed by atoms with Crippen LogP contribution in [0.5, 0.6) is 0 Å². The first kappa shape index (κ1) is 15.8. The summed E-state index contributed by atoms with van der Waals surface area (Å²) in [6.45, 7) is 6.53. The Morgan fingerprint density at radius 1 is 1.42 bits per heavy atom. The van der Waals surface area contributed by atoms with E-state index in [0.29, 0.717) is 23.2 Å². The molecule has 0 aromatic heterocycles. The van der Waals surface area contributed by atoms with Gasteiger partial charge in [0, 0.05) is 6.54 Å². The first-order chi connectivity index (χ1) is 8.86. The van der Waals surface area contributed by atoms with Crippen molar-refractivity contribution in [2.45, 2.75) is 32.7 Å². The first-order valence-electron chi connectivity index (χ1n) is 6.40. The quantitative estimate of drug-likeness (QED) is 0.777. The summed E-state index contributed by atoms with van der Waals surface area (Å²) in [5, 5.41) is 6.16. The molecule has 0 aliphatic heterocycles. The van der Waals surface area contributed by atoms with Crippen LogP contribution in [0.2, 0.25) is 5.02 Å². The number of benzene rings is 1. The minimum absolute atomic E-state index is 0.290. The lowest BCUT2D eigenvalue weighted by Gasteiger charge is -2.31. The molecule has 106 valence electrons. The SMILES string of the molecule is CC(C)CC(C)(CN)NC(=O)Nc1ccccc1Cl. The summed E-state index contributed by atoms with van der Waals surface area (Å²) in [5.74, 6) is 0.453. The third kappa shape index (κ3) is 5.09. The Balaban J connectivity index is 2.66. The molecule has 0 radical (unpaired) electrons. The number of carbonyl (C=O) groups is 1. The fourth-order valence-electron chi connectivity index (χ4n) is 2.08. The van der Waals surface area contributed by atoms with Gasteiger partial charge in [-0.3, -0.25) is 0 Å². The van der Waals surface area contributed by atoms with E-state index in [9.17, 15) is 4.79 Å². The molecule has 1 aromatic rings. The van der Waals surface area contributed by atoms with Gasteiger partial charge < -0.3 is 16.4 Å². The molecule has 0 saturated heterocycles. The van der Waals surface area contributed by atoms with Crippen molar-refractivity contribution in [2.75, 3.05) is 11.9 Å². The zero-order valence-electron chi connectivity index (χ0n) is 11.7. The van der Waals surface area contributed by atoms with E-state index in [1.54, 1.807) is 12.1 Å². The average Bonchev–Trinajstić information content (AvgIpc) is 2.31. The van der Waals surface area contributed by atoms with Crippen LogP contribution >= 0.6 is 11.6 Å². The number of rotatable bonds is 5. The highest BCUT2D eigenvalue weighted by Gasteiger charge is 2.25. The van der Waals surface area contributed by atoms with Crippen molar-refractivity contribution in [1.82, 2.24) is 5.32 Å². The maximum Gasteiger partial charge on any atom is 0.319 e. The molecule has 19 heavy (non-hydrogen) atoms. The second kappa shape index (κ2) is 6.78. The molecular formula is C14H22ClN3O. The van der Waals surface area contributed by atoms with Gasteiger partial charge in [0.2, 0.25) is 0 Å². The maximum atomic E-state index is 12.0. The molecule has 1 aromatic carbocycles.